The molecule has 1 aromatic rings. The zero-order chi connectivity index (χ0) is 15.4. The van der Waals surface area contributed by atoms with Gasteiger partial charge in [-0.1, -0.05) is 0 Å². The lowest BCUT2D eigenvalue weighted by atomic mass is 9.90. The zero-order valence-corrected chi connectivity index (χ0v) is 14.6. The molecule has 1 unspecified atom stereocenters. The Labute approximate surface area is 144 Å². The fourth-order valence-electron chi connectivity index (χ4n) is 3.33. The lowest BCUT2D eigenvalue weighted by Crippen LogP contribution is -2.54. The van der Waals surface area contributed by atoms with Crippen LogP contribution in [-0.4, -0.2) is 24.1 Å². The normalized spacial score (nSPS) is 24.7. The average Bonchev–Trinajstić information content (AvgIpc) is 3.03. The molecule has 1 aliphatic heterocycles. The van der Waals surface area contributed by atoms with Crippen molar-refractivity contribution in [2.75, 3.05) is 11.9 Å². The number of carbonyl (C=O) groups excluding carboxylic acids is 1. The van der Waals surface area contributed by atoms with E-state index < -0.39 is 5.54 Å². The Bertz CT molecular complexity index is 506. The molecular weight excluding hydrogens is 312 g/mol. The van der Waals surface area contributed by atoms with E-state index in [0.717, 1.165) is 50.1 Å². The Balaban J connectivity index is 0.00000192. The number of ether oxygens (including phenoxy) is 1. The van der Waals surface area contributed by atoms with Crippen LogP contribution in [0.1, 0.15) is 51.9 Å². The Morgan fingerprint density at radius 1 is 1.17 bits per heavy atom. The predicted octanol–water partition coefficient (Wildman–Crippen LogP) is 3.90. The maximum Gasteiger partial charge on any atom is 0.244 e. The van der Waals surface area contributed by atoms with Gasteiger partial charge in [-0.2, -0.15) is 0 Å². The first kappa shape index (κ1) is 18.1. The summed E-state index contributed by atoms with van der Waals surface area (Å²) in [5.41, 5.74) is 0.384. The van der Waals surface area contributed by atoms with Crippen LogP contribution in [0.3, 0.4) is 0 Å². The summed E-state index contributed by atoms with van der Waals surface area (Å²) in [6.45, 7) is 2.90. The molecule has 0 radical (unpaired) electrons. The van der Waals surface area contributed by atoms with Crippen LogP contribution in [0.5, 0.6) is 5.75 Å². The molecule has 1 aromatic carbocycles. The van der Waals surface area contributed by atoms with Gasteiger partial charge in [0.15, 0.2) is 0 Å². The summed E-state index contributed by atoms with van der Waals surface area (Å²) in [6, 6.07) is 7.75. The Morgan fingerprint density at radius 2 is 1.87 bits per heavy atom. The highest BCUT2D eigenvalue weighted by Crippen LogP contribution is 2.26. The molecule has 1 saturated heterocycles. The van der Waals surface area contributed by atoms with Crippen LogP contribution in [0.15, 0.2) is 24.3 Å². The van der Waals surface area contributed by atoms with Crippen molar-refractivity contribution < 1.29 is 9.53 Å². The van der Waals surface area contributed by atoms with Gasteiger partial charge in [0.1, 0.15) is 5.75 Å². The minimum Gasteiger partial charge on any atom is -0.490 e. The topological polar surface area (TPSA) is 50.4 Å². The lowest BCUT2D eigenvalue weighted by molar-refractivity contribution is -0.122. The van der Waals surface area contributed by atoms with Gasteiger partial charge in [-0.3, -0.25) is 4.79 Å². The van der Waals surface area contributed by atoms with Crippen molar-refractivity contribution in [3.63, 3.8) is 0 Å². The van der Waals surface area contributed by atoms with Crippen LogP contribution < -0.4 is 15.4 Å². The van der Waals surface area contributed by atoms with E-state index in [1.54, 1.807) is 0 Å². The molecule has 23 heavy (non-hydrogen) atoms. The van der Waals surface area contributed by atoms with Crippen LogP contribution in [-0.2, 0) is 4.79 Å². The van der Waals surface area contributed by atoms with E-state index in [1.165, 1.54) is 12.8 Å². The third-order valence-corrected chi connectivity index (χ3v) is 4.84. The molecule has 0 aromatic heterocycles. The van der Waals surface area contributed by atoms with Gasteiger partial charge in [0.05, 0.1) is 11.6 Å². The first-order valence-corrected chi connectivity index (χ1v) is 8.49. The second kappa shape index (κ2) is 8.02. The van der Waals surface area contributed by atoms with Gasteiger partial charge < -0.3 is 15.4 Å². The molecular formula is C18H27ClN2O2. The van der Waals surface area contributed by atoms with Gasteiger partial charge in [0.25, 0.3) is 0 Å². The van der Waals surface area contributed by atoms with E-state index in [-0.39, 0.29) is 18.3 Å². The van der Waals surface area contributed by atoms with E-state index in [1.807, 2.05) is 31.2 Å². The van der Waals surface area contributed by atoms with Gasteiger partial charge in [-0.25, -0.2) is 0 Å². The fourth-order valence-corrected chi connectivity index (χ4v) is 3.33. The molecule has 1 atom stereocenters. The molecule has 1 saturated carbocycles. The van der Waals surface area contributed by atoms with E-state index in [4.69, 9.17) is 4.74 Å². The van der Waals surface area contributed by atoms with Gasteiger partial charge in [-0.05, 0) is 82.7 Å². The maximum atomic E-state index is 12.4. The standard InChI is InChI=1S/C18H26N2O2.ClH/c1-18(12-4-5-13-19-18)17(21)20-14-8-10-16(11-9-14)22-15-6-2-3-7-15;/h8-11,15,19H,2-7,12-13H2,1H3,(H,20,21);1H. The van der Waals surface area contributed by atoms with Gasteiger partial charge in [-0.15, -0.1) is 12.4 Å². The van der Waals surface area contributed by atoms with Crippen LogP contribution >= 0.6 is 12.4 Å². The number of carbonyl (C=O) groups is 1. The van der Waals surface area contributed by atoms with Crippen LogP contribution in [0.2, 0.25) is 0 Å². The fraction of sp³-hybridized carbons (Fsp3) is 0.611. The van der Waals surface area contributed by atoms with Crippen LogP contribution in [0, 0.1) is 0 Å². The number of hydrogen-bond acceptors (Lipinski definition) is 3. The van der Waals surface area contributed by atoms with E-state index in [9.17, 15) is 4.79 Å². The van der Waals surface area contributed by atoms with E-state index in [2.05, 4.69) is 10.6 Å². The number of rotatable bonds is 4. The van der Waals surface area contributed by atoms with Gasteiger partial charge in [0.2, 0.25) is 5.91 Å². The van der Waals surface area contributed by atoms with Crippen LogP contribution in [0.4, 0.5) is 5.69 Å². The molecule has 4 nitrogen and oxygen atoms in total. The number of anilines is 1. The molecule has 2 fully saturated rings. The van der Waals surface area contributed by atoms with Crippen molar-refractivity contribution in [2.45, 2.75) is 63.5 Å². The summed E-state index contributed by atoms with van der Waals surface area (Å²) in [7, 11) is 0. The van der Waals surface area contributed by atoms with Gasteiger partial charge >= 0.3 is 0 Å². The largest absolute Gasteiger partial charge is 0.490 e. The molecule has 128 valence electrons. The zero-order valence-electron chi connectivity index (χ0n) is 13.8. The summed E-state index contributed by atoms with van der Waals surface area (Å²) in [4.78, 5) is 12.4. The molecule has 1 aliphatic carbocycles. The molecule has 1 amide bonds. The number of piperidine rings is 1. The minimum absolute atomic E-state index is 0. The molecule has 3 rings (SSSR count). The number of benzene rings is 1. The summed E-state index contributed by atoms with van der Waals surface area (Å²) in [6.07, 6.45) is 8.36. The second-order valence-corrected chi connectivity index (χ2v) is 6.72. The number of halogens is 1. The Kier molecular flexibility index (Phi) is 6.31. The van der Waals surface area contributed by atoms with E-state index >= 15 is 0 Å². The van der Waals surface area contributed by atoms with Crippen molar-refractivity contribution >= 4 is 24.0 Å². The molecule has 2 N–H and O–H groups in total. The number of amides is 1. The monoisotopic (exact) mass is 338 g/mol. The minimum atomic E-state index is -0.447. The summed E-state index contributed by atoms with van der Waals surface area (Å²) in [5.74, 6) is 0.948. The molecule has 5 heteroatoms. The van der Waals surface area contributed by atoms with Crippen molar-refractivity contribution in [1.29, 1.82) is 0 Å². The SMILES string of the molecule is CC1(C(=O)Nc2ccc(OC3CCCC3)cc2)CCCCN1.Cl. The molecule has 0 bridgehead atoms. The molecule has 1 heterocycles. The first-order chi connectivity index (χ1) is 10.7. The van der Waals surface area contributed by atoms with Crippen molar-refractivity contribution in [1.82, 2.24) is 5.32 Å². The Morgan fingerprint density at radius 3 is 2.48 bits per heavy atom. The third-order valence-electron chi connectivity index (χ3n) is 4.84. The predicted molar refractivity (Wildman–Crippen MR) is 95.5 cm³/mol. The third kappa shape index (κ3) is 4.61. The molecule has 0 spiro atoms. The average molecular weight is 339 g/mol. The highest BCUT2D eigenvalue weighted by molar-refractivity contribution is 5.97. The van der Waals surface area contributed by atoms with Crippen molar-refractivity contribution in [2.24, 2.45) is 0 Å². The highest BCUT2D eigenvalue weighted by Gasteiger charge is 2.34. The summed E-state index contributed by atoms with van der Waals surface area (Å²) >= 11 is 0. The van der Waals surface area contributed by atoms with Gasteiger partial charge in [0, 0.05) is 5.69 Å². The highest BCUT2D eigenvalue weighted by atomic mass is 35.5. The second-order valence-electron chi connectivity index (χ2n) is 6.72. The van der Waals surface area contributed by atoms with E-state index in [0.29, 0.717) is 6.10 Å². The lowest BCUT2D eigenvalue weighted by Gasteiger charge is -2.33. The summed E-state index contributed by atoms with van der Waals surface area (Å²) in [5, 5.41) is 6.35. The number of nitrogens with one attached hydrogen (secondary N) is 2. The first-order valence-electron chi connectivity index (χ1n) is 8.49. The quantitative estimate of drug-likeness (QED) is 0.875. The number of hydrogen-bond donors (Lipinski definition) is 2. The Hall–Kier alpha value is -1.26. The smallest absolute Gasteiger partial charge is 0.244 e. The van der Waals surface area contributed by atoms with Crippen molar-refractivity contribution in [3.8, 4) is 5.75 Å². The maximum absolute atomic E-state index is 12.4. The van der Waals surface area contributed by atoms with Crippen molar-refractivity contribution in [3.05, 3.63) is 24.3 Å². The van der Waals surface area contributed by atoms with Crippen LogP contribution in [0.25, 0.3) is 0 Å². The summed E-state index contributed by atoms with van der Waals surface area (Å²) < 4.78 is 5.95. The molecule has 2 aliphatic rings.